The minimum atomic E-state index is -0.635. The highest BCUT2D eigenvalue weighted by atomic mass is 16.2. The van der Waals surface area contributed by atoms with Crippen LogP contribution in [-0.2, 0) is 9.59 Å². The van der Waals surface area contributed by atoms with Gasteiger partial charge in [0.15, 0.2) is 0 Å². The summed E-state index contributed by atoms with van der Waals surface area (Å²) in [6.07, 6.45) is 6.44. The van der Waals surface area contributed by atoms with Crippen LogP contribution in [0.3, 0.4) is 0 Å². The summed E-state index contributed by atoms with van der Waals surface area (Å²) < 4.78 is 0. The van der Waals surface area contributed by atoms with E-state index < -0.39 is 5.54 Å². The molecule has 0 bridgehead atoms. The van der Waals surface area contributed by atoms with Gasteiger partial charge in [-0.05, 0) is 18.8 Å². The van der Waals surface area contributed by atoms with Gasteiger partial charge in [0.1, 0.15) is 11.6 Å². The van der Waals surface area contributed by atoms with Crippen LogP contribution in [-0.4, -0.2) is 34.8 Å². The van der Waals surface area contributed by atoms with Gasteiger partial charge in [-0.3, -0.25) is 9.59 Å². The first kappa shape index (κ1) is 14.1. The lowest BCUT2D eigenvalue weighted by Crippen LogP contribution is -2.71. The lowest BCUT2D eigenvalue weighted by Gasteiger charge is -2.48. The maximum Gasteiger partial charge on any atom is 0.249 e. The third-order valence-corrected chi connectivity index (χ3v) is 4.30. The number of hydrogen-bond acceptors (Lipinski definition) is 2. The molecule has 1 spiro atoms. The first-order valence-corrected chi connectivity index (χ1v) is 7.26. The summed E-state index contributed by atoms with van der Waals surface area (Å²) in [7, 11) is 0. The second kappa shape index (κ2) is 5.35. The van der Waals surface area contributed by atoms with Gasteiger partial charge in [-0.25, -0.2) is 0 Å². The molecule has 106 valence electrons. The van der Waals surface area contributed by atoms with Crippen molar-refractivity contribution in [1.82, 2.24) is 10.2 Å². The number of nitrogens with zero attached hydrogens (tertiary/aromatic N) is 1. The molecule has 0 aromatic carbocycles. The Kier molecular flexibility index (Phi) is 3.97. The molecule has 4 nitrogen and oxygen atoms in total. The van der Waals surface area contributed by atoms with Gasteiger partial charge in [-0.15, -0.1) is 6.58 Å². The summed E-state index contributed by atoms with van der Waals surface area (Å²) in [5.41, 5.74) is -0.635. The standard InChI is InChI=1S/C15H24N2O2/c1-4-10-17-12(11(2)3)13(18)16-15(14(17)19)8-6-5-7-9-15/h4,11-12H,1,5-10H2,2-3H3,(H,16,18). The molecule has 1 saturated carbocycles. The van der Waals surface area contributed by atoms with Gasteiger partial charge >= 0.3 is 0 Å². The van der Waals surface area contributed by atoms with E-state index in [9.17, 15) is 9.59 Å². The van der Waals surface area contributed by atoms with E-state index in [1.165, 1.54) is 0 Å². The summed E-state index contributed by atoms with van der Waals surface area (Å²) in [6, 6.07) is -0.363. The summed E-state index contributed by atoms with van der Waals surface area (Å²) in [5, 5.41) is 3.04. The lowest BCUT2D eigenvalue weighted by atomic mass is 9.77. The molecule has 2 aliphatic rings. The number of piperazine rings is 1. The van der Waals surface area contributed by atoms with Gasteiger partial charge in [0, 0.05) is 6.54 Å². The van der Waals surface area contributed by atoms with Crippen molar-refractivity contribution in [3.8, 4) is 0 Å². The summed E-state index contributed by atoms with van der Waals surface area (Å²) in [5.74, 6) is 0.202. The highest BCUT2D eigenvalue weighted by Crippen LogP contribution is 2.34. The van der Waals surface area contributed by atoms with E-state index >= 15 is 0 Å². The molecule has 1 aliphatic heterocycles. The molecule has 1 N–H and O–H groups in total. The van der Waals surface area contributed by atoms with Crippen LogP contribution in [0.4, 0.5) is 0 Å². The zero-order valence-electron chi connectivity index (χ0n) is 11.9. The number of rotatable bonds is 3. The molecule has 0 aromatic rings. The summed E-state index contributed by atoms with van der Waals surface area (Å²) in [4.78, 5) is 26.9. The molecule has 19 heavy (non-hydrogen) atoms. The maximum atomic E-state index is 12.8. The van der Waals surface area contributed by atoms with Gasteiger partial charge in [0.05, 0.1) is 0 Å². The van der Waals surface area contributed by atoms with Crippen LogP contribution in [0.2, 0.25) is 0 Å². The number of carbonyl (C=O) groups excluding carboxylic acids is 2. The van der Waals surface area contributed by atoms with Gasteiger partial charge < -0.3 is 10.2 Å². The molecule has 2 amide bonds. The van der Waals surface area contributed by atoms with Gasteiger partial charge in [0.25, 0.3) is 0 Å². The van der Waals surface area contributed by atoms with Crippen LogP contribution in [0.25, 0.3) is 0 Å². The SMILES string of the molecule is C=CCN1C(=O)C2(CCCCC2)NC(=O)C1C(C)C. The first-order chi connectivity index (χ1) is 9.02. The molecule has 1 heterocycles. The van der Waals surface area contributed by atoms with Crippen molar-refractivity contribution >= 4 is 11.8 Å². The molecule has 0 radical (unpaired) electrons. The van der Waals surface area contributed by atoms with E-state index in [0.29, 0.717) is 6.54 Å². The van der Waals surface area contributed by atoms with Crippen molar-refractivity contribution in [2.45, 2.75) is 57.5 Å². The van der Waals surface area contributed by atoms with E-state index in [-0.39, 0.29) is 23.8 Å². The topological polar surface area (TPSA) is 49.4 Å². The number of amides is 2. The average Bonchev–Trinajstić information content (AvgIpc) is 2.36. The van der Waals surface area contributed by atoms with Crippen molar-refractivity contribution < 1.29 is 9.59 Å². The Bertz CT molecular complexity index is 384. The highest BCUT2D eigenvalue weighted by molar-refractivity contribution is 6.00. The molecule has 1 unspecified atom stereocenters. The van der Waals surface area contributed by atoms with E-state index in [1.54, 1.807) is 11.0 Å². The zero-order valence-corrected chi connectivity index (χ0v) is 11.9. The van der Waals surface area contributed by atoms with E-state index in [0.717, 1.165) is 32.1 Å². The molecule has 2 fully saturated rings. The molecule has 1 saturated heterocycles. The average molecular weight is 264 g/mol. The van der Waals surface area contributed by atoms with Crippen LogP contribution >= 0.6 is 0 Å². The number of nitrogens with one attached hydrogen (secondary N) is 1. The number of carbonyl (C=O) groups is 2. The van der Waals surface area contributed by atoms with Crippen LogP contribution in [0, 0.1) is 5.92 Å². The minimum absolute atomic E-state index is 0.00153. The fourth-order valence-corrected chi connectivity index (χ4v) is 3.40. The predicted molar refractivity (Wildman–Crippen MR) is 74.5 cm³/mol. The minimum Gasteiger partial charge on any atom is -0.340 e. The first-order valence-electron chi connectivity index (χ1n) is 7.26. The van der Waals surface area contributed by atoms with E-state index in [4.69, 9.17) is 0 Å². The number of hydrogen-bond donors (Lipinski definition) is 1. The van der Waals surface area contributed by atoms with Gasteiger partial charge in [-0.2, -0.15) is 0 Å². The molecule has 1 aliphatic carbocycles. The van der Waals surface area contributed by atoms with E-state index in [2.05, 4.69) is 11.9 Å². The van der Waals surface area contributed by atoms with Crippen molar-refractivity contribution in [1.29, 1.82) is 0 Å². The Balaban J connectivity index is 2.31. The Morgan fingerprint density at radius 2 is 2.00 bits per heavy atom. The Labute approximate surface area is 115 Å². The Hall–Kier alpha value is -1.32. The molecule has 1 atom stereocenters. The van der Waals surface area contributed by atoms with Crippen molar-refractivity contribution in [2.24, 2.45) is 5.92 Å². The third-order valence-electron chi connectivity index (χ3n) is 4.30. The third kappa shape index (κ3) is 2.40. The monoisotopic (exact) mass is 264 g/mol. The normalized spacial score (nSPS) is 26.7. The maximum absolute atomic E-state index is 12.8. The van der Waals surface area contributed by atoms with Crippen LogP contribution in [0.15, 0.2) is 12.7 Å². The Morgan fingerprint density at radius 3 is 2.53 bits per heavy atom. The van der Waals surface area contributed by atoms with E-state index in [1.807, 2.05) is 13.8 Å². The molecular formula is C15H24N2O2. The van der Waals surface area contributed by atoms with Crippen LogP contribution in [0.1, 0.15) is 46.0 Å². The fraction of sp³-hybridized carbons (Fsp3) is 0.733. The molecule has 4 heteroatoms. The molecular weight excluding hydrogens is 240 g/mol. The van der Waals surface area contributed by atoms with Crippen molar-refractivity contribution in [3.05, 3.63) is 12.7 Å². The summed E-state index contributed by atoms with van der Waals surface area (Å²) >= 11 is 0. The van der Waals surface area contributed by atoms with Gasteiger partial charge in [0.2, 0.25) is 11.8 Å². The highest BCUT2D eigenvalue weighted by Gasteiger charge is 2.51. The lowest BCUT2D eigenvalue weighted by molar-refractivity contribution is -0.157. The van der Waals surface area contributed by atoms with Gasteiger partial charge in [-0.1, -0.05) is 39.2 Å². The van der Waals surface area contributed by atoms with Crippen molar-refractivity contribution in [3.63, 3.8) is 0 Å². The second-order valence-corrected chi connectivity index (χ2v) is 6.07. The predicted octanol–water partition coefficient (Wildman–Crippen LogP) is 1.86. The molecule has 2 rings (SSSR count). The quantitative estimate of drug-likeness (QED) is 0.791. The fourth-order valence-electron chi connectivity index (χ4n) is 3.40. The second-order valence-electron chi connectivity index (χ2n) is 6.07. The Morgan fingerprint density at radius 1 is 1.37 bits per heavy atom. The summed E-state index contributed by atoms with van der Waals surface area (Å²) in [6.45, 7) is 8.13. The van der Waals surface area contributed by atoms with Crippen LogP contribution < -0.4 is 5.32 Å². The van der Waals surface area contributed by atoms with Crippen molar-refractivity contribution in [2.75, 3.05) is 6.54 Å². The largest absolute Gasteiger partial charge is 0.340 e. The smallest absolute Gasteiger partial charge is 0.249 e. The van der Waals surface area contributed by atoms with Crippen LogP contribution in [0.5, 0.6) is 0 Å². The molecule has 0 aromatic heterocycles. The zero-order chi connectivity index (χ0) is 14.0.